The van der Waals surface area contributed by atoms with Crippen molar-refractivity contribution >= 4 is 29.4 Å². The molecular formula is C26H30N2O5. The predicted molar refractivity (Wildman–Crippen MR) is 125 cm³/mol. The van der Waals surface area contributed by atoms with Gasteiger partial charge in [-0.3, -0.25) is 14.4 Å². The first-order chi connectivity index (χ1) is 15.6. The van der Waals surface area contributed by atoms with Crippen LogP contribution in [0, 0.1) is 6.92 Å². The highest BCUT2D eigenvalue weighted by Crippen LogP contribution is 2.32. The highest BCUT2D eigenvalue weighted by molar-refractivity contribution is 6.23. The van der Waals surface area contributed by atoms with Crippen molar-refractivity contribution < 1.29 is 23.9 Å². The lowest BCUT2D eigenvalue weighted by Gasteiger charge is -2.41. The van der Waals surface area contributed by atoms with Crippen LogP contribution < -0.4 is 4.90 Å². The Kier molecular flexibility index (Phi) is 7.01. The number of carbonyl (C=O) groups excluding carboxylic acids is 4. The van der Waals surface area contributed by atoms with E-state index in [0.29, 0.717) is 23.2 Å². The lowest BCUT2D eigenvalue weighted by atomic mass is 9.94. The van der Waals surface area contributed by atoms with E-state index in [1.54, 1.807) is 36.1 Å². The summed E-state index contributed by atoms with van der Waals surface area (Å²) in [5.74, 6) is -1.60. The first-order valence-electron chi connectivity index (χ1n) is 11.1. The standard InChI is InChI=1S/C26H30N2O5/c1-6-26(4,5)28(23(30)18-10-8-17(3)9-11-18)21-16-22(29)27(24(21)31)20-14-12-19(13-15-20)25(32)33-7-2/h8-15,21H,6-7,16H2,1-5H3. The van der Waals surface area contributed by atoms with Gasteiger partial charge < -0.3 is 9.64 Å². The van der Waals surface area contributed by atoms with Gasteiger partial charge in [0.15, 0.2) is 0 Å². The molecule has 33 heavy (non-hydrogen) atoms. The summed E-state index contributed by atoms with van der Waals surface area (Å²) in [5.41, 5.74) is 1.54. The van der Waals surface area contributed by atoms with E-state index < -0.39 is 23.5 Å². The number of anilines is 1. The Morgan fingerprint density at radius 1 is 1.00 bits per heavy atom. The van der Waals surface area contributed by atoms with Crippen molar-refractivity contribution in [3.63, 3.8) is 0 Å². The second-order valence-corrected chi connectivity index (χ2v) is 8.76. The zero-order chi connectivity index (χ0) is 24.3. The molecule has 7 heteroatoms. The van der Waals surface area contributed by atoms with Gasteiger partial charge in [0.2, 0.25) is 5.91 Å². The number of ether oxygens (including phenoxy) is 1. The lowest BCUT2D eigenvalue weighted by molar-refractivity contribution is -0.123. The topological polar surface area (TPSA) is 84.0 Å². The maximum absolute atomic E-state index is 13.5. The lowest BCUT2D eigenvalue weighted by Crippen LogP contribution is -2.55. The normalized spacial score (nSPS) is 16.2. The number of hydrogen-bond donors (Lipinski definition) is 0. The van der Waals surface area contributed by atoms with Crippen LogP contribution in [-0.4, -0.2) is 46.8 Å². The van der Waals surface area contributed by atoms with Gasteiger partial charge in [0.05, 0.1) is 24.3 Å². The number of rotatable bonds is 7. The van der Waals surface area contributed by atoms with Crippen molar-refractivity contribution in [2.75, 3.05) is 11.5 Å². The van der Waals surface area contributed by atoms with Crippen LogP contribution in [-0.2, 0) is 14.3 Å². The van der Waals surface area contributed by atoms with Crippen LogP contribution >= 0.6 is 0 Å². The molecule has 174 valence electrons. The van der Waals surface area contributed by atoms with Gasteiger partial charge in [0, 0.05) is 11.1 Å². The van der Waals surface area contributed by atoms with Gasteiger partial charge >= 0.3 is 5.97 Å². The Balaban J connectivity index is 1.93. The number of nitrogens with zero attached hydrogens (tertiary/aromatic N) is 2. The first-order valence-corrected chi connectivity index (χ1v) is 11.1. The molecule has 0 N–H and O–H groups in total. The Labute approximate surface area is 194 Å². The average Bonchev–Trinajstić information content (AvgIpc) is 3.07. The van der Waals surface area contributed by atoms with Crippen LogP contribution in [0.4, 0.5) is 5.69 Å². The molecule has 1 aliphatic heterocycles. The number of carbonyl (C=O) groups is 4. The molecule has 3 amide bonds. The Bertz CT molecular complexity index is 1060. The fourth-order valence-electron chi connectivity index (χ4n) is 3.89. The van der Waals surface area contributed by atoms with Crippen LogP contribution in [0.25, 0.3) is 0 Å². The zero-order valence-electron chi connectivity index (χ0n) is 19.8. The summed E-state index contributed by atoms with van der Waals surface area (Å²) in [4.78, 5) is 54.4. The van der Waals surface area contributed by atoms with E-state index in [4.69, 9.17) is 4.74 Å². The third-order valence-electron chi connectivity index (χ3n) is 6.11. The van der Waals surface area contributed by atoms with Gasteiger partial charge in [-0.2, -0.15) is 0 Å². The second-order valence-electron chi connectivity index (χ2n) is 8.76. The molecule has 1 unspecified atom stereocenters. The summed E-state index contributed by atoms with van der Waals surface area (Å²) in [6, 6.07) is 12.4. The summed E-state index contributed by atoms with van der Waals surface area (Å²) < 4.78 is 4.98. The third kappa shape index (κ3) is 4.82. The van der Waals surface area contributed by atoms with Crippen LogP contribution in [0.2, 0.25) is 0 Å². The smallest absolute Gasteiger partial charge is 0.338 e. The molecule has 1 fully saturated rings. The highest BCUT2D eigenvalue weighted by atomic mass is 16.5. The van der Waals surface area contributed by atoms with Gasteiger partial charge in [0.1, 0.15) is 6.04 Å². The summed E-state index contributed by atoms with van der Waals surface area (Å²) in [6.07, 6.45) is 0.510. The van der Waals surface area contributed by atoms with Crippen molar-refractivity contribution in [1.29, 1.82) is 0 Å². The summed E-state index contributed by atoms with van der Waals surface area (Å²) >= 11 is 0. The molecular weight excluding hydrogens is 420 g/mol. The SMILES string of the molecule is CCOC(=O)c1ccc(N2C(=O)CC(N(C(=O)c3ccc(C)cc3)C(C)(C)CC)C2=O)cc1. The Hall–Kier alpha value is -3.48. The summed E-state index contributed by atoms with van der Waals surface area (Å²) in [5, 5.41) is 0. The quantitative estimate of drug-likeness (QED) is 0.468. The number of imide groups is 1. The van der Waals surface area contributed by atoms with Gasteiger partial charge in [-0.1, -0.05) is 24.6 Å². The minimum absolute atomic E-state index is 0.0977. The molecule has 1 atom stereocenters. The van der Waals surface area contributed by atoms with Crippen LogP contribution in [0.3, 0.4) is 0 Å². The minimum Gasteiger partial charge on any atom is -0.462 e. The Morgan fingerprint density at radius 3 is 2.12 bits per heavy atom. The van der Waals surface area contributed by atoms with E-state index in [0.717, 1.165) is 10.5 Å². The molecule has 0 bridgehead atoms. The van der Waals surface area contributed by atoms with Crippen LogP contribution in [0.5, 0.6) is 0 Å². The number of esters is 1. The molecule has 2 aromatic rings. The fourth-order valence-corrected chi connectivity index (χ4v) is 3.89. The Morgan fingerprint density at radius 2 is 1.58 bits per heavy atom. The molecule has 7 nitrogen and oxygen atoms in total. The van der Waals surface area contributed by atoms with E-state index >= 15 is 0 Å². The first kappa shape index (κ1) is 24.2. The van der Waals surface area contributed by atoms with E-state index in [1.165, 1.54) is 12.1 Å². The van der Waals surface area contributed by atoms with Gasteiger partial charge in [-0.15, -0.1) is 0 Å². The van der Waals surface area contributed by atoms with E-state index in [9.17, 15) is 19.2 Å². The van der Waals surface area contributed by atoms with Gasteiger partial charge in [-0.05, 0) is 70.5 Å². The number of benzene rings is 2. The molecule has 1 heterocycles. The fraction of sp³-hybridized carbons (Fsp3) is 0.385. The van der Waals surface area contributed by atoms with Crippen molar-refractivity contribution in [3.05, 3.63) is 65.2 Å². The monoisotopic (exact) mass is 450 g/mol. The van der Waals surface area contributed by atoms with Gasteiger partial charge in [-0.25, -0.2) is 9.69 Å². The molecule has 0 saturated carbocycles. The van der Waals surface area contributed by atoms with Crippen molar-refractivity contribution in [2.24, 2.45) is 0 Å². The number of aryl methyl sites for hydroxylation is 1. The molecule has 0 aromatic heterocycles. The van der Waals surface area contributed by atoms with Crippen LogP contribution in [0.1, 0.15) is 66.8 Å². The maximum Gasteiger partial charge on any atom is 0.338 e. The molecule has 0 aliphatic carbocycles. The van der Waals surface area contributed by atoms with Crippen LogP contribution in [0.15, 0.2) is 48.5 Å². The predicted octanol–water partition coefficient (Wildman–Crippen LogP) is 4.13. The summed E-state index contributed by atoms with van der Waals surface area (Å²) in [7, 11) is 0. The van der Waals surface area contributed by atoms with Gasteiger partial charge in [0.25, 0.3) is 11.8 Å². The highest BCUT2D eigenvalue weighted by Gasteiger charge is 2.48. The second kappa shape index (κ2) is 9.57. The largest absolute Gasteiger partial charge is 0.462 e. The zero-order valence-corrected chi connectivity index (χ0v) is 19.8. The molecule has 0 spiro atoms. The number of amides is 3. The van der Waals surface area contributed by atoms with Crippen molar-refractivity contribution in [2.45, 2.75) is 59.0 Å². The van der Waals surface area contributed by atoms with E-state index in [1.807, 2.05) is 39.8 Å². The molecule has 3 rings (SSSR count). The molecule has 0 radical (unpaired) electrons. The maximum atomic E-state index is 13.5. The minimum atomic E-state index is -0.911. The van der Waals surface area contributed by atoms with Crippen molar-refractivity contribution in [1.82, 2.24) is 4.90 Å². The third-order valence-corrected chi connectivity index (χ3v) is 6.11. The summed E-state index contributed by atoms with van der Waals surface area (Å²) in [6.45, 7) is 9.65. The molecule has 1 saturated heterocycles. The molecule has 2 aromatic carbocycles. The van der Waals surface area contributed by atoms with Crippen molar-refractivity contribution in [3.8, 4) is 0 Å². The number of hydrogen-bond acceptors (Lipinski definition) is 5. The average molecular weight is 451 g/mol. The van der Waals surface area contributed by atoms with E-state index in [2.05, 4.69) is 0 Å². The molecule has 1 aliphatic rings. The van der Waals surface area contributed by atoms with E-state index in [-0.39, 0.29) is 24.8 Å².